The molecule has 1 aromatic rings. The molecular weight excluding hydrogens is 334 g/mol. The summed E-state index contributed by atoms with van der Waals surface area (Å²) in [5, 5.41) is 16.3. The first-order chi connectivity index (χ1) is 12.4. The number of unbranched alkanes of at least 4 members (excludes halogenated alkanes) is 1. The summed E-state index contributed by atoms with van der Waals surface area (Å²) in [5.41, 5.74) is 0.000255. The Bertz CT molecular complexity index is 793. The number of fused-ring (bicyclic) bond motifs is 4. The van der Waals surface area contributed by atoms with Gasteiger partial charge in [0, 0.05) is 23.8 Å². The number of aliphatic hydroxyl groups excluding tert-OH is 1. The highest BCUT2D eigenvalue weighted by Gasteiger charge is 2.70. The molecule has 3 aliphatic heterocycles. The molecule has 4 rings (SSSR count). The second kappa shape index (κ2) is 5.89. The number of carbonyl (C=O) groups is 3. The van der Waals surface area contributed by atoms with E-state index in [0.29, 0.717) is 17.8 Å². The zero-order chi connectivity index (χ0) is 18.6. The average molecular weight is 357 g/mol. The van der Waals surface area contributed by atoms with Crippen molar-refractivity contribution in [2.45, 2.75) is 44.4 Å². The lowest BCUT2D eigenvalue weighted by Gasteiger charge is -2.30. The van der Waals surface area contributed by atoms with E-state index in [1.165, 1.54) is 4.90 Å². The monoisotopic (exact) mass is 357 g/mol. The number of imide groups is 1. The highest BCUT2D eigenvalue weighted by atomic mass is 16.3. The minimum atomic E-state index is -1.31. The number of hydrogen-bond acceptors (Lipinski definition) is 5. The lowest BCUT2D eigenvalue weighted by Crippen LogP contribution is -2.54. The van der Waals surface area contributed by atoms with Crippen molar-refractivity contribution in [1.29, 1.82) is 0 Å². The number of likely N-dealkylation sites (tertiary alicyclic amines) is 1. The van der Waals surface area contributed by atoms with E-state index < -0.39 is 29.5 Å². The molecular formula is C19H23N3O4. The third kappa shape index (κ3) is 2.04. The van der Waals surface area contributed by atoms with E-state index >= 15 is 0 Å². The van der Waals surface area contributed by atoms with E-state index in [4.69, 9.17) is 0 Å². The third-order valence-electron chi connectivity index (χ3n) is 5.90. The number of amides is 3. The molecule has 2 fully saturated rings. The van der Waals surface area contributed by atoms with Gasteiger partial charge in [0.15, 0.2) is 0 Å². The summed E-state index contributed by atoms with van der Waals surface area (Å²) in [6.45, 7) is 3.93. The predicted molar refractivity (Wildman–Crippen MR) is 94.0 cm³/mol. The van der Waals surface area contributed by atoms with Crippen LogP contribution in [0.1, 0.15) is 32.3 Å². The first-order valence-electron chi connectivity index (χ1n) is 9.15. The largest absolute Gasteiger partial charge is 0.392 e. The van der Waals surface area contributed by atoms with Crippen LogP contribution >= 0.6 is 0 Å². The van der Waals surface area contributed by atoms with Crippen molar-refractivity contribution < 1.29 is 19.5 Å². The molecule has 0 bridgehead atoms. The maximum atomic E-state index is 13.2. The van der Waals surface area contributed by atoms with Crippen molar-refractivity contribution >= 4 is 23.4 Å². The van der Waals surface area contributed by atoms with Crippen molar-refractivity contribution in [3.63, 3.8) is 0 Å². The van der Waals surface area contributed by atoms with Crippen LogP contribution < -0.4 is 10.6 Å². The minimum Gasteiger partial charge on any atom is -0.392 e. The summed E-state index contributed by atoms with van der Waals surface area (Å²) in [4.78, 5) is 40.5. The van der Waals surface area contributed by atoms with Crippen LogP contribution in [0.5, 0.6) is 0 Å². The third-order valence-corrected chi connectivity index (χ3v) is 5.90. The molecule has 26 heavy (non-hydrogen) atoms. The number of nitrogens with one attached hydrogen (secondary N) is 2. The summed E-state index contributed by atoms with van der Waals surface area (Å²) in [5.74, 6) is -2.53. The fourth-order valence-corrected chi connectivity index (χ4v) is 4.70. The fourth-order valence-electron chi connectivity index (χ4n) is 4.70. The summed E-state index contributed by atoms with van der Waals surface area (Å²) in [6, 6.07) is 6.55. The number of para-hydroxylation sites is 1. The first-order valence-corrected chi connectivity index (χ1v) is 9.15. The highest BCUT2D eigenvalue weighted by Crippen LogP contribution is 2.53. The zero-order valence-electron chi connectivity index (χ0n) is 14.9. The van der Waals surface area contributed by atoms with Gasteiger partial charge in [-0.1, -0.05) is 31.5 Å². The molecule has 0 saturated carbocycles. The van der Waals surface area contributed by atoms with Crippen molar-refractivity contribution in [2.24, 2.45) is 11.8 Å². The molecule has 5 atom stereocenters. The number of aliphatic hydroxyl groups is 1. The van der Waals surface area contributed by atoms with Gasteiger partial charge in [-0.15, -0.1) is 0 Å². The summed E-state index contributed by atoms with van der Waals surface area (Å²) < 4.78 is 0. The summed E-state index contributed by atoms with van der Waals surface area (Å²) >= 11 is 0. The Morgan fingerprint density at radius 1 is 1.23 bits per heavy atom. The van der Waals surface area contributed by atoms with E-state index in [0.717, 1.165) is 12.8 Å². The molecule has 3 aliphatic rings. The summed E-state index contributed by atoms with van der Waals surface area (Å²) in [6.07, 6.45) is 0.712. The maximum Gasteiger partial charge on any atom is 0.250 e. The maximum absolute atomic E-state index is 13.2. The Hall–Kier alpha value is -2.25. The first kappa shape index (κ1) is 17.2. The molecule has 1 spiro atoms. The molecule has 138 valence electrons. The smallest absolute Gasteiger partial charge is 0.250 e. The van der Waals surface area contributed by atoms with E-state index in [1.807, 2.05) is 19.1 Å². The Labute approximate surface area is 151 Å². The van der Waals surface area contributed by atoms with Gasteiger partial charge < -0.3 is 10.4 Å². The predicted octanol–water partition coefficient (Wildman–Crippen LogP) is 0.588. The number of benzene rings is 1. The van der Waals surface area contributed by atoms with Crippen LogP contribution in [0.25, 0.3) is 0 Å². The SMILES string of the molecule is CCCCN1C(=O)[C@@H]2[C@H]([C@H](C)O)N[C@@]3(C(=O)Nc4ccccc43)[C@H]2C1=O. The van der Waals surface area contributed by atoms with Gasteiger partial charge in [0.2, 0.25) is 17.7 Å². The van der Waals surface area contributed by atoms with Gasteiger partial charge in [0.05, 0.1) is 17.9 Å². The van der Waals surface area contributed by atoms with Crippen molar-refractivity contribution in [3.05, 3.63) is 29.8 Å². The van der Waals surface area contributed by atoms with E-state index in [-0.39, 0.29) is 17.7 Å². The summed E-state index contributed by atoms with van der Waals surface area (Å²) in [7, 11) is 0. The molecule has 0 radical (unpaired) electrons. The standard InChI is InChI=1S/C19H23N3O4/c1-3-4-9-22-16(24)13-14(17(22)25)19(21-15(13)10(2)23)11-7-5-6-8-12(11)20-18(19)26/h5-8,10,13-15,21,23H,3-4,9H2,1-2H3,(H,20,26)/t10-,13-,14+,15-,19+/m0/s1. The lowest BCUT2D eigenvalue weighted by molar-refractivity contribution is -0.143. The second-order valence-electron chi connectivity index (χ2n) is 7.40. The number of nitrogens with zero attached hydrogens (tertiary/aromatic N) is 1. The van der Waals surface area contributed by atoms with Crippen LogP contribution in [0, 0.1) is 11.8 Å². The Kier molecular flexibility index (Phi) is 3.89. The van der Waals surface area contributed by atoms with Crippen LogP contribution in [-0.4, -0.2) is 46.4 Å². The van der Waals surface area contributed by atoms with Crippen molar-refractivity contribution in [2.75, 3.05) is 11.9 Å². The van der Waals surface area contributed by atoms with Crippen molar-refractivity contribution in [1.82, 2.24) is 10.2 Å². The van der Waals surface area contributed by atoms with Crippen LogP contribution in [0.15, 0.2) is 24.3 Å². The molecule has 0 unspecified atom stereocenters. The lowest BCUT2D eigenvalue weighted by atomic mass is 9.76. The van der Waals surface area contributed by atoms with E-state index in [9.17, 15) is 19.5 Å². The van der Waals surface area contributed by atoms with Crippen LogP contribution in [-0.2, 0) is 19.9 Å². The molecule has 7 nitrogen and oxygen atoms in total. The molecule has 3 N–H and O–H groups in total. The van der Waals surface area contributed by atoms with Crippen molar-refractivity contribution in [3.8, 4) is 0 Å². The minimum absolute atomic E-state index is 0.291. The Balaban J connectivity index is 1.85. The average Bonchev–Trinajstić information content (AvgIpc) is 3.20. The van der Waals surface area contributed by atoms with E-state index in [1.54, 1.807) is 19.1 Å². The molecule has 7 heteroatoms. The van der Waals surface area contributed by atoms with Crippen LogP contribution in [0.4, 0.5) is 5.69 Å². The normalized spacial score (nSPS) is 33.6. The molecule has 3 heterocycles. The van der Waals surface area contributed by atoms with Gasteiger partial charge >= 0.3 is 0 Å². The van der Waals surface area contributed by atoms with Gasteiger partial charge in [-0.3, -0.25) is 24.6 Å². The highest BCUT2D eigenvalue weighted by molar-refractivity contribution is 6.15. The number of anilines is 1. The van der Waals surface area contributed by atoms with Gasteiger partial charge in [-0.2, -0.15) is 0 Å². The van der Waals surface area contributed by atoms with Crippen LogP contribution in [0.2, 0.25) is 0 Å². The zero-order valence-corrected chi connectivity index (χ0v) is 14.9. The fraction of sp³-hybridized carbons (Fsp3) is 0.526. The molecule has 1 aromatic carbocycles. The Morgan fingerprint density at radius 2 is 1.96 bits per heavy atom. The molecule has 0 aromatic heterocycles. The van der Waals surface area contributed by atoms with E-state index in [2.05, 4.69) is 10.6 Å². The molecule has 3 amide bonds. The second-order valence-corrected chi connectivity index (χ2v) is 7.40. The van der Waals surface area contributed by atoms with Gasteiger partial charge in [-0.25, -0.2) is 0 Å². The Morgan fingerprint density at radius 3 is 2.65 bits per heavy atom. The quantitative estimate of drug-likeness (QED) is 0.685. The molecule has 2 saturated heterocycles. The van der Waals surface area contributed by atoms with Crippen LogP contribution in [0.3, 0.4) is 0 Å². The number of carbonyl (C=O) groups excluding carboxylic acids is 3. The number of rotatable bonds is 4. The number of hydrogen-bond donors (Lipinski definition) is 3. The van der Waals surface area contributed by atoms with Gasteiger partial charge in [-0.05, 0) is 19.4 Å². The topological polar surface area (TPSA) is 98.7 Å². The van der Waals surface area contributed by atoms with Gasteiger partial charge in [0.1, 0.15) is 5.54 Å². The molecule has 0 aliphatic carbocycles. The van der Waals surface area contributed by atoms with Gasteiger partial charge in [0.25, 0.3) is 0 Å².